The van der Waals surface area contributed by atoms with E-state index in [0.29, 0.717) is 0 Å². The highest BCUT2D eigenvalue weighted by Crippen LogP contribution is 2.31. The Kier molecular flexibility index (Phi) is 3.31. The maximum absolute atomic E-state index is 12.4. The summed E-state index contributed by atoms with van der Waals surface area (Å²) in [6.07, 6.45) is -4.97. The third-order valence-electron chi connectivity index (χ3n) is 2.24. The molecule has 2 heterocycles. The second kappa shape index (κ2) is 4.53. The lowest BCUT2D eigenvalue weighted by atomic mass is 10.2. The van der Waals surface area contributed by atoms with Gasteiger partial charge >= 0.3 is 12.1 Å². The van der Waals surface area contributed by atoms with Crippen LogP contribution in [-0.2, 0) is 6.42 Å². The van der Waals surface area contributed by atoms with E-state index in [0.717, 1.165) is 10.7 Å². The van der Waals surface area contributed by atoms with E-state index >= 15 is 0 Å². The van der Waals surface area contributed by atoms with E-state index in [-0.39, 0.29) is 11.2 Å². The molecule has 0 aromatic carbocycles. The van der Waals surface area contributed by atoms with Gasteiger partial charge in [0, 0.05) is 5.56 Å². The fraction of sp³-hybridized carbons (Fsp3) is 0.222. The highest BCUT2D eigenvalue weighted by molar-refractivity contribution is 6.35. The van der Waals surface area contributed by atoms with Crippen LogP contribution in [0.25, 0.3) is 5.65 Å². The average molecular weight is 314 g/mol. The lowest BCUT2D eigenvalue weighted by Gasteiger charge is -2.10. The second-order valence-electron chi connectivity index (χ2n) is 3.56. The number of halogens is 5. The zero-order chi connectivity index (χ0) is 14.4. The highest BCUT2D eigenvalue weighted by atomic mass is 35.5. The molecule has 0 unspecified atom stereocenters. The molecule has 2 aromatic heterocycles. The van der Waals surface area contributed by atoms with Crippen LogP contribution in [0, 0.1) is 0 Å². The van der Waals surface area contributed by atoms with Crippen LogP contribution >= 0.6 is 23.2 Å². The number of carboxylic acid groups (broad SMARTS) is 1. The third kappa shape index (κ3) is 2.59. The number of hydrogen-bond acceptors (Lipinski definition) is 3. The number of rotatable bonds is 2. The molecule has 0 amide bonds. The predicted molar refractivity (Wildman–Crippen MR) is 59.7 cm³/mol. The van der Waals surface area contributed by atoms with E-state index in [1.165, 1.54) is 0 Å². The number of carbonyl (C=O) groups is 1. The number of alkyl halides is 3. The smallest absolute Gasteiger partial charge is 0.393 e. The minimum Gasteiger partial charge on any atom is -0.477 e. The van der Waals surface area contributed by atoms with Crippen molar-refractivity contribution < 1.29 is 23.1 Å². The average Bonchev–Trinajstić information content (AvgIpc) is 2.66. The van der Waals surface area contributed by atoms with E-state index in [1.807, 2.05) is 0 Å². The summed E-state index contributed by atoms with van der Waals surface area (Å²) in [5, 5.41) is 11.5. The van der Waals surface area contributed by atoms with Crippen molar-refractivity contribution >= 4 is 34.8 Å². The molecule has 2 aromatic rings. The molecule has 0 radical (unpaired) electrons. The Bertz CT molecular complexity index is 669. The van der Waals surface area contributed by atoms with Gasteiger partial charge in [-0.15, -0.1) is 0 Å². The Morgan fingerprint density at radius 3 is 2.58 bits per heavy atom. The first-order chi connectivity index (χ1) is 8.70. The molecule has 0 aliphatic heterocycles. The van der Waals surface area contributed by atoms with Crippen molar-refractivity contribution in [2.24, 2.45) is 0 Å². The zero-order valence-corrected chi connectivity index (χ0v) is 10.4. The van der Waals surface area contributed by atoms with E-state index in [4.69, 9.17) is 28.3 Å². The van der Waals surface area contributed by atoms with Crippen molar-refractivity contribution in [3.63, 3.8) is 0 Å². The summed E-state index contributed by atoms with van der Waals surface area (Å²) in [6.45, 7) is 0. The second-order valence-corrected chi connectivity index (χ2v) is 4.28. The third-order valence-corrected chi connectivity index (χ3v) is 2.94. The Morgan fingerprint density at radius 1 is 1.42 bits per heavy atom. The van der Waals surface area contributed by atoms with Crippen molar-refractivity contribution in [1.29, 1.82) is 0 Å². The summed E-state index contributed by atoms with van der Waals surface area (Å²) in [5.41, 5.74) is -0.973. The van der Waals surface area contributed by atoms with Crippen LogP contribution in [-0.4, -0.2) is 31.9 Å². The molecular formula is C9H4Cl2F3N3O2. The molecule has 0 atom stereocenters. The van der Waals surface area contributed by atoms with Gasteiger partial charge < -0.3 is 5.11 Å². The largest absolute Gasteiger partial charge is 0.477 e. The molecule has 0 aliphatic rings. The molecule has 19 heavy (non-hydrogen) atoms. The molecule has 0 fully saturated rings. The Morgan fingerprint density at radius 2 is 2.05 bits per heavy atom. The maximum Gasteiger partial charge on any atom is 0.393 e. The minimum atomic E-state index is -4.52. The van der Waals surface area contributed by atoms with E-state index in [9.17, 15) is 18.0 Å². The lowest BCUT2D eigenvalue weighted by molar-refractivity contribution is -0.127. The van der Waals surface area contributed by atoms with E-state index < -0.39 is 34.4 Å². The van der Waals surface area contributed by atoms with Crippen LogP contribution < -0.4 is 0 Å². The molecule has 102 valence electrons. The predicted octanol–water partition coefficient (Wildman–Crippen LogP) is 2.84. The first-order valence-corrected chi connectivity index (χ1v) is 5.48. The van der Waals surface area contributed by atoms with E-state index in [2.05, 4.69) is 10.1 Å². The quantitative estimate of drug-likeness (QED) is 0.866. The Balaban J connectivity index is 2.67. The molecule has 0 spiro atoms. The van der Waals surface area contributed by atoms with Gasteiger partial charge in [-0.3, -0.25) is 0 Å². The zero-order valence-electron chi connectivity index (χ0n) is 8.87. The van der Waals surface area contributed by atoms with Crippen LogP contribution in [0.1, 0.15) is 15.9 Å². The molecule has 0 saturated heterocycles. The number of aromatic nitrogens is 3. The molecule has 2 rings (SSSR count). The molecule has 0 bridgehead atoms. The van der Waals surface area contributed by atoms with Crippen molar-refractivity contribution in [3.05, 3.63) is 27.6 Å². The molecule has 0 saturated carbocycles. The first kappa shape index (κ1) is 13.9. The summed E-state index contributed by atoms with van der Waals surface area (Å²) in [4.78, 5) is 14.5. The number of carboxylic acids is 1. The number of hydrogen-bond donors (Lipinski definition) is 1. The van der Waals surface area contributed by atoms with Crippen LogP contribution in [0.2, 0.25) is 10.3 Å². The van der Waals surface area contributed by atoms with Crippen molar-refractivity contribution in [3.8, 4) is 0 Å². The van der Waals surface area contributed by atoms with Crippen molar-refractivity contribution in [2.45, 2.75) is 12.6 Å². The molecule has 5 nitrogen and oxygen atoms in total. The van der Waals surface area contributed by atoms with Gasteiger partial charge in [0.15, 0.2) is 5.65 Å². The summed E-state index contributed by atoms with van der Waals surface area (Å²) < 4.78 is 37.9. The van der Waals surface area contributed by atoms with Gasteiger partial charge in [-0.1, -0.05) is 23.2 Å². The van der Waals surface area contributed by atoms with Crippen molar-refractivity contribution in [2.75, 3.05) is 0 Å². The number of aromatic carboxylic acids is 1. The summed E-state index contributed by atoms with van der Waals surface area (Å²) in [6, 6.07) is 0. The van der Waals surface area contributed by atoms with Crippen LogP contribution in [0.5, 0.6) is 0 Å². The Hall–Kier alpha value is -1.54. The van der Waals surface area contributed by atoms with Gasteiger partial charge in [0.05, 0.1) is 12.6 Å². The van der Waals surface area contributed by atoms with Gasteiger partial charge in [0.2, 0.25) is 0 Å². The van der Waals surface area contributed by atoms with Gasteiger partial charge in [0.25, 0.3) is 0 Å². The number of fused-ring (bicyclic) bond motifs is 1. The highest BCUT2D eigenvalue weighted by Gasteiger charge is 2.32. The first-order valence-electron chi connectivity index (χ1n) is 4.72. The molecule has 0 aliphatic carbocycles. The Labute approximate surface area is 113 Å². The molecular weight excluding hydrogens is 310 g/mol. The van der Waals surface area contributed by atoms with Gasteiger partial charge in [-0.2, -0.15) is 18.3 Å². The van der Waals surface area contributed by atoms with Gasteiger partial charge in [-0.25, -0.2) is 14.3 Å². The summed E-state index contributed by atoms with van der Waals surface area (Å²) >= 11 is 11.4. The topological polar surface area (TPSA) is 67.5 Å². The maximum atomic E-state index is 12.4. The number of nitrogens with zero attached hydrogens (tertiary/aromatic N) is 3. The minimum absolute atomic E-state index is 0.214. The van der Waals surface area contributed by atoms with Crippen LogP contribution in [0.3, 0.4) is 0 Å². The van der Waals surface area contributed by atoms with Gasteiger partial charge in [-0.05, 0) is 0 Å². The SMILES string of the molecule is O=C(O)c1cnn2c(Cl)c(CC(F)(F)F)c(Cl)nc12. The molecule has 1 N–H and O–H groups in total. The van der Waals surface area contributed by atoms with Gasteiger partial charge in [0.1, 0.15) is 15.9 Å². The normalized spacial score (nSPS) is 12.1. The molecule has 10 heteroatoms. The summed E-state index contributed by atoms with van der Waals surface area (Å²) in [7, 11) is 0. The van der Waals surface area contributed by atoms with Crippen LogP contribution in [0.4, 0.5) is 13.2 Å². The summed E-state index contributed by atoms with van der Waals surface area (Å²) in [5.74, 6) is -1.33. The van der Waals surface area contributed by atoms with Crippen molar-refractivity contribution in [1.82, 2.24) is 14.6 Å². The fourth-order valence-corrected chi connectivity index (χ4v) is 2.03. The standard InChI is InChI=1S/C9H4Cl2F3N3O2/c10-5-3(1-9(12,13)14)6(11)17-7(16-5)4(2-15-17)8(18)19/h2H,1H2,(H,18,19). The van der Waals surface area contributed by atoms with E-state index in [1.54, 1.807) is 0 Å². The monoisotopic (exact) mass is 313 g/mol. The lowest BCUT2D eigenvalue weighted by Crippen LogP contribution is -2.14. The fourth-order valence-electron chi connectivity index (χ4n) is 1.46. The van der Waals surface area contributed by atoms with Crippen LogP contribution in [0.15, 0.2) is 6.20 Å².